The van der Waals surface area contributed by atoms with Crippen molar-refractivity contribution in [1.82, 2.24) is 65.5 Å². The number of para-hydroxylation sites is 4. The van der Waals surface area contributed by atoms with Crippen molar-refractivity contribution in [3.05, 3.63) is 189 Å². The number of Topliss-reactive ketones (excluding diaryl/α,β-unsaturated/α-hetero) is 2. The molecule has 25 nitrogen and oxygen atoms in total. The van der Waals surface area contributed by atoms with Crippen LogP contribution in [0.1, 0.15) is 146 Å². The van der Waals surface area contributed by atoms with E-state index in [1.807, 2.05) is 162 Å². The third-order valence-electron chi connectivity index (χ3n) is 17.5. The molecular formula is C79H102Br3KN16O9. The van der Waals surface area contributed by atoms with E-state index in [0.29, 0.717) is 59.6 Å². The molecule has 4 aromatic heterocycles. The Kier molecular flexibility index (Phi) is 40.8. The number of nitrogen functional groups attached to an aromatic ring is 1. The van der Waals surface area contributed by atoms with Gasteiger partial charge in [-0.05, 0) is 189 Å². The first kappa shape index (κ1) is 91.2. The Morgan fingerprint density at radius 2 is 1.08 bits per heavy atom. The fourth-order valence-corrected chi connectivity index (χ4v) is 12.9. The molecule has 0 bridgehead atoms. The molecular weight excluding hydrogens is 1600 g/mol. The summed E-state index contributed by atoms with van der Waals surface area (Å²) in [5.74, 6) is 8.31. The minimum atomic E-state index is -0.280. The number of halogens is 3. The number of ketones is 2. The Balaban J connectivity index is 0.000000282. The molecule has 108 heavy (non-hydrogen) atoms. The van der Waals surface area contributed by atoms with Crippen LogP contribution < -0.4 is 79.1 Å². The number of ether oxygens (including phenoxy) is 2. The van der Waals surface area contributed by atoms with E-state index in [1.165, 1.54) is 12.7 Å². The number of rotatable bonds is 20. The maximum absolute atomic E-state index is 12.2. The molecule has 3 amide bonds. The SMILES string of the molecule is C.CCCC(=O)[C@H]1CC[C@@H](N)C1.CCCC(=O)[C@H]1CC[C@@H](n2cnnc2-c2ccc(Br)cc2)C1.CCNC(=O)[C@H]1CC[C@@H](n2cnnc2-c2ccc(-c3nc4ccccc4o3)cc2)C1.CN(C)/C=N/NC(=O)c1ccc(Br)cc1.COC(OC)N(C)C.NNC(=O)c1ccc(Br)cc1.[H-].[K+].c1ccc2ocnc2c1. The Hall–Kier alpha value is -7.36. The van der Waals surface area contributed by atoms with Crippen LogP contribution in [0.15, 0.2) is 192 Å². The zero-order valence-electron chi connectivity index (χ0n) is 63.5. The van der Waals surface area contributed by atoms with E-state index in [1.54, 1.807) is 68.2 Å². The number of carbonyl (C=O) groups is 5. The number of fused-ring (bicyclic) bond motifs is 2. The van der Waals surface area contributed by atoms with Crippen molar-refractivity contribution in [1.29, 1.82) is 0 Å². The summed E-state index contributed by atoms with van der Waals surface area (Å²) in [6.45, 7) is 6.74. The Labute approximate surface area is 702 Å². The first-order valence-electron chi connectivity index (χ1n) is 35.3. The van der Waals surface area contributed by atoms with Gasteiger partial charge in [-0.3, -0.25) is 34.3 Å². The summed E-state index contributed by atoms with van der Waals surface area (Å²) >= 11 is 10.0. The molecule has 7 N–H and O–H groups in total. The number of hydrazine groups is 1. The van der Waals surface area contributed by atoms with Gasteiger partial charge in [-0.1, -0.05) is 118 Å². The van der Waals surface area contributed by atoms with Crippen LogP contribution in [0.25, 0.3) is 56.4 Å². The standard InChI is InChI=1S/C23H23N5O2.C17H20BrN3O.C10H12BrN3O.C9H17NO.C7H7BrN2O.C7H5NO.C5H13NO2.CH4.K.H/c1-2-24-22(29)17-11-12-18(13-17)28-14-25-27-21(28)15-7-9-16(10-8-15)23-26-19-5-3-4-6-20(19)30-23;1-2-3-16(22)13-6-9-15(10-13)21-11-19-20-17(21)12-4-7-14(18)8-5-12;1-14(2)7-12-13-10(15)8-3-5-9(11)6-4-8;1-2-3-9(11)7-4-5-8(10)6-7;8-6-3-1-5(2-4-6)7(11)10-9;1-2-4-7-6(3-1)8-5-9-7;1-6(2)5(7-3)8-4;;;/h3-10,14,17-18H,2,11-13H2,1H3,(H,24,29);4-5,7-8,11,13,15H,2-3,6,9-10H2,1H3;3-7H,1-2H3,(H,13,15);7-8H,2-6,10H2,1H3;1-4H,9H2,(H,10,11);1-5H;5H,1-4H3;1H4;;/q;;;;;;;;+1;-1/b;;12-7+;;;;;;;/t17-,18+;13-,15+;;7-,8+;;;;;;/m00.0....../s1. The number of hydrazone groups is 1. The van der Waals surface area contributed by atoms with E-state index in [2.05, 4.69) is 110 Å². The number of methoxy groups -OCH3 is 2. The number of carbonyl (C=O) groups excluding carboxylic acids is 5. The smallest absolute Gasteiger partial charge is 1.00 e. The van der Waals surface area contributed by atoms with E-state index >= 15 is 0 Å². The van der Waals surface area contributed by atoms with E-state index < -0.39 is 0 Å². The van der Waals surface area contributed by atoms with Crippen LogP contribution in [-0.2, 0) is 23.9 Å². The number of nitrogens with two attached hydrogens (primary N) is 2. The van der Waals surface area contributed by atoms with Gasteiger partial charge in [-0.2, -0.15) is 5.10 Å². The Morgan fingerprint density at radius 1 is 0.620 bits per heavy atom. The average Bonchev–Trinajstić information content (AvgIpc) is 1.59. The van der Waals surface area contributed by atoms with Crippen molar-refractivity contribution >= 4 is 106 Å². The summed E-state index contributed by atoms with van der Waals surface area (Å²) in [5, 5.41) is 23.6. The predicted molar refractivity (Wildman–Crippen MR) is 431 cm³/mol. The molecule has 6 atom stereocenters. The summed E-state index contributed by atoms with van der Waals surface area (Å²) in [5.41, 5.74) is 17.6. The number of benzene rings is 6. The summed E-state index contributed by atoms with van der Waals surface area (Å²) in [4.78, 5) is 70.1. The van der Waals surface area contributed by atoms with E-state index in [9.17, 15) is 24.0 Å². The van der Waals surface area contributed by atoms with E-state index in [-0.39, 0.29) is 102 Å². The molecule has 10 aromatic rings. The maximum Gasteiger partial charge on any atom is 1.00 e. The first-order valence-corrected chi connectivity index (χ1v) is 37.7. The van der Waals surface area contributed by atoms with Gasteiger partial charge in [0.05, 0.1) is 0 Å². The predicted octanol–water partition coefficient (Wildman–Crippen LogP) is 12.6. The second kappa shape index (κ2) is 48.3. The Morgan fingerprint density at radius 3 is 1.55 bits per heavy atom. The maximum atomic E-state index is 12.2. The average molecular weight is 1700 g/mol. The molecule has 3 saturated carbocycles. The normalized spacial score (nSPS) is 16.7. The number of oxazole rings is 2. The van der Waals surface area contributed by atoms with E-state index in [0.717, 1.165) is 141 Å². The molecule has 29 heteroatoms. The van der Waals surface area contributed by atoms with Gasteiger partial charge >= 0.3 is 51.4 Å². The molecule has 13 rings (SSSR count). The quantitative estimate of drug-likeness (QED) is 0.00900. The van der Waals surface area contributed by atoms with E-state index in [4.69, 9.17) is 29.9 Å². The number of nitrogens with zero attached hydrogens (tertiary/aromatic N) is 11. The summed E-state index contributed by atoms with van der Waals surface area (Å²) in [6, 6.07) is 46.4. The summed E-state index contributed by atoms with van der Waals surface area (Å²) in [7, 11) is 10.6. The van der Waals surface area contributed by atoms with Crippen LogP contribution in [0.2, 0.25) is 0 Å². The fraction of sp³-hybridized carbons (Fsp3) is 0.392. The van der Waals surface area contributed by atoms with Crippen LogP contribution in [0.5, 0.6) is 0 Å². The zero-order chi connectivity index (χ0) is 76.5. The van der Waals surface area contributed by atoms with Gasteiger partial charge in [0.25, 0.3) is 11.8 Å². The third kappa shape index (κ3) is 28.8. The third-order valence-corrected chi connectivity index (χ3v) is 19.1. The molecule has 0 radical (unpaired) electrons. The monoisotopic (exact) mass is 1690 g/mol. The van der Waals surface area contributed by atoms with Gasteiger partial charge in [0.1, 0.15) is 41.6 Å². The van der Waals surface area contributed by atoms with Crippen molar-refractivity contribution in [3.63, 3.8) is 0 Å². The molecule has 3 aliphatic rings. The van der Waals surface area contributed by atoms with Crippen molar-refractivity contribution in [3.8, 4) is 34.2 Å². The van der Waals surface area contributed by atoms with Gasteiger partial charge in [0.15, 0.2) is 29.2 Å². The molecule has 0 aliphatic heterocycles. The van der Waals surface area contributed by atoms with Gasteiger partial charge in [-0.15, -0.1) is 20.4 Å². The molecule has 0 saturated heterocycles. The zero-order valence-corrected chi connectivity index (χ0v) is 70.4. The molecule has 4 heterocycles. The molecule has 6 aromatic carbocycles. The fourth-order valence-electron chi connectivity index (χ4n) is 12.1. The van der Waals surface area contributed by atoms with Crippen molar-refractivity contribution in [2.24, 2.45) is 34.4 Å². The van der Waals surface area contributed by atoms with Crippen LogP contribution in [0, 0.1) is 17.8 Å². The number of hydrogen-bond acceptors (Lipinski definition) is 19. The Bertz CT molecular complexity index is 4290. The molecule has 0 spiro atoms. The van der Waals surface area contributed by atoms with Gasteiger partial charge in [-0.25, -0.2) is 21.2 Å². The summed E-state index contributed by atoms with van der Waals surface area (Å²) < 4.78 is 27.8. The topological polar surface area (TPSA) is 324 Å². The molecule has 3 aliphatic carbocycles. The minimum Gasteiger partial charge on any atom is -1.00 e. The summed E-state index contributed by atoms with van der Waals surface area (Å²) in [6.07, 6.45) is 18.3. The number of hydrogen-bond donors (Lipinski definition) is 5. The van der Waals surface area contributed by atoms with Crippen LogP contribution >= 0.6 is 47.8 Å². The van der Waals surface area contributed by atoms with Crippen molar-refractivity contribution in [2.75, 3.05) is 49.0 Å². The molecule has 0 unspecified atom stereocenters. The van der Waals surface area contributed by atoms with Gasteiger partial charge < -0.3 is 44.8 Å². The minimum absolute atomic E-state index is 0. The van der Waals surface area contributed by atoms with Crippen molar-refractivity contribution < 1.29 is 95.1 Å². The number of amides is 3. The van der Waals surface area contributed by atoms with Crippen LogP contribution in [0.3, 0.4) is 0 Å². The van der Waals surface area contributed by atoms with Crippen LogP contribution in [0.4, 0.5) is 0 Å². The van der Waals surface area contributed by atoms with Crippen LogP contribution in [-0.4, -0.2) is 146 Å². The second-order valence-electron chi connectivity index (χ2n) is 25.8. The van der Waals surface area contributed by atoms with Gasteiger partial charge in [0, 0.05) is 125 Å². The number of nitrogens with one attached hydrogen (secondary N) is 3. The molecule has 3 fully saturated rings. The second-order valence-corrected chi connectivity index (χ2v) is 28.6. The largest absolute Gasteiger partial charge is 1.00 e. The van der Waals surface area contributed by atoms with Gasteiger partial charge in [0.2, 0.25) is 18.2 Å². The number of aromatic nitrogens is 8. The molecule has 574 valence electrons. The van der Waals surface area contributed by atoms with Crippen molar-refractivity contribution in [2.45, 2.75) is 136 Å². The first-order chi connectivity index (χ1) is 51.2.